The van der Waals surface area contributed by atoms with Gasteiger partial charge in [-0.3, -0.25) is 14.4 Å². The van der Waals surface area contributed by atoms with Gasteiger partial charge in [-0.2, -0.15) is 0 Å². The monoisotopic (exact) mass is 366 g/mol. The minimum absolute atomic E-state index is 0.00991. The van der Waals surface area contributed by atoms with Crippen molar-refractivity contribution in [2.45, 2.75) is 38.1 Å². The fourth-order valence-electron chi connectivity index (χ4n) is 1.96. The molecule has 2 amide bonds. The van der Waals surface area contributed by atoms with Crippen molar-refractivity contribution in [1.29, 1.82) is 0 Å². The van der Waals surface area contributed by atoms with Crippen LogP contribution >= 0.6 is 15.9 Å². The largest absolute Gasteiger partial charge is 0.352 e. The topological polar surface area (TPSA) is 75.3 Å². The van der Waals surface area contributed by atoms with E-state index in [1.54, 1.807) is 12.1 Å². The minimum atomic E-state index is -0.199. The van der Waals surface area contributed by atoms with Crippen molar-refractivity contribution in [2.75, 3.05) is 6.54 Å². The highest BCUT2D eigenvalue weighted by Gasteiger charge is 2.23. The average Bonchev–Trinajstić information content (AvgIpc) is 3.29. The minimum Gasteiger partial charge on any atom is -0.352 e. The van der Waals surface area contributed by atoms with Crippen LogP contribution < -0.4 is 10.6 Å². The average molecular weight is 367 g/mol. The van der Waals surface area contributed by atoms with E-state index in [-0.39, 0.29) is 30.6 Å². The molecule has 22 heavy (non-hydrogen) atoms. The quantitative estimate of drug-likeness (QED) is 0.692. The van der Waals surface area contributed by atoms with Gasteiger partial charge in [0.15, 0.2) is 5.78 Å². The van der Waals surface area contributed by atoms with Gasteiger partial charge in [-0.1, -0.05) is 28.1 Å². The van der Waals surface area contributed by atoms with Crippen LogP contribution in [0, 0.1) is 0 Å². The fraction of sp³-hybridized carbons (Fsp3) is 0.438. The number of hydrogen-bond acceptors (Lipinski definition) is 3. The van der Waals surface area contributed by atoms with Crippen LogP contribution in [0.3, 0.4) is 0 Å². The number of rotatable bonds is 8. The van der Waals surface area contributed by atoms with Crippen LogP contribution in [0.1, 0.15) is 42.5 Å². The van der Waals surface area contributed by atoms with Gasteiger partial charge in [0, 0.05) is 28.9 Å². The summed E-state index contributed by atoms with van der Waals surface area (Å²) < 4.78 is 0.924. The summed E-state index contributed by atoms with van der Waals surface area (Å²) in [5.74, 6) is -0.330. The van der Waals surface area contributed by atoms with E-state index in [9.17, 15) is 14.4 Å². The molecule has 0 aromatic heterocycles. The molecule has 0 radical (unpaired) electrons. The number of carbonyl (C=O) groups is 3. The zero-order chi connectivity index (χ0) is 15.9. The zero-order valence-corrected chi connectivity index (χ0v) is 13.8. The van der Waals surface area contributed by atoms with Gasteiger partial charge in [0.2, 0.25) is 11.8 Å². The van der Waals surface area contributed by atoms with Gasteiger partial charge in [0.1, 0.15) is 0 Å². The number of halogens is 1. The van der Waals surface area contributed by atoms with E-state index in [1.807, 2.05) is 12.1 Å². The molecule has 0 heterocycles. The fourth-order valence-corrected chi connectivity index (χ4v) is 2.23. The van der Waals surface area contributed by atoms with Gasteiger partial charge in [-0.05, 0) is 31.4 Å². The van der Waals surface area contributed by atoms with Crippen LogP contribution in [0.4, 0.5) is 0 Å². The SMILES string of the molecule is O=C(CCCC(=O)c1ccc(Br)cc1)NCC(=O)NC1CC1. The Morgan fingerprint density at radius 1 is 1.05 bits per heavy atom. The van der Waals surface area contributed by atoms with Crippen LogP contribution in [-0.4, -0.2) is 30.2 Å². The maximum Gasteiger partial charge on any atom is 0.239 e. The molecule has 118 valence electrons. The number of Topliss-reactive ketones (excluding diaryl/α,β-unsaturated/α-hetero) is 1. The highest BCUT2D eigenvalue weighted by molar-refractivity contribution is 9.10. The number of carbonyl (C=O) groups excluding carboxylic acids is 3. The van der Waals surface area contributed by atoms with Gasteiger partial charge >= 0.3 is 0 Å². The number of benzene rings is 1. The number of hydrogen-bond donors (Lipinski definition) is 2. The van der Waals surface area contributed by atoms with Crippen LogP contribution in [0.2, 0.25) is 0 Å². The molecule has 0 spiro atoms. The highest BCUT2D eigenvalue weighted by atomic mass is 79.9. The second-order valence-corrected chi connectivity index (χ2v) is 6.32. The standard InChI is InChI=1S/C16H19BrN2O3/c17-12-6-4-11(5-7-12)14(20)2-1-3-15(21)18-10-16(22)19-13-8-9-13/h4-7,13H,1-3,8-10H2,(H,18,21)(H,19,22). The molecule has 5 nitrogen and oxygen atoms in total. The first-order valence-corrected chi connectivity index (χ1v) is 8.19. The molecule has 1 aromatic rings. The smallest absolute Gasteiger partial charge is 0.239 e. The lowest BCUT2D eigenvalue weighted by Crippen LogP contribution is -2.37. The summed E-state index contributed by atoms with van der Waals surface area (Å²) >= 11 is 3.32. The van der Waals surface area contributed by atoms with Gasteiger partial charge in [0.25, 0.3) is 0 Å². The Hall–Kier alpha value is -1.69. The van der Waals surface area contributed by atoms with E-state index in [1.165, 1.54) is 0 Å². The molecule has 0 unspecified atom stereocenters. The summed E-state index contributed by atoms with van der Waals surface area (Å²) in [5.41, 5.74) is 0.646. The summed E-state index contributed by atoms with van der Waals surface area (Å²) in [4.78, 5) is 34.9. The molecule has 0 bridgehead atoms. The van der Waals surface area contributed by atoms with Crippen molar-refractivity contribution in [3.8, 4) is 0 Å². The Morgan fingerprint density at radius 2 is 1.73 bits per heavy atom. The van der Waals surface area contributed by atoms with Gasteiger partial charge in [0.05, 0.1) is 6.54 Å². The van der Waals surface area contributed by atoms with Crippen molar-refractivity contribution in [2.24, 2.45) is 0 Å². The predicted molar refractivity (Wildman–Crippen MR) is 86.5 cm³/mol. The first kappa shape index (κ1) is 16.7. The van der Waals surface area contributed by atoms with Crippen LogP contribution in [-0.2, 0) is 9.59 Å². The molecule has 2 rings (SSSR count). The normalized spacial score (nSPS) is 13.5. The van der Waals surface area contributed by atoms with E-state index in [4.69, 9.17) is 0 Å². The lowest BCUT2D eigenvalue weighted by Gasteiger charge is -2.06. The third-order valence-corrected chi connectivity index (χ3v) is 3.89. The summed E-state index contributed by atoms with van der Waals surface area (Å²) in [7, 11) is 0. The van der Waals surface area contributed by atoms with Gasteiger partial charge in [-0.25, -0.2) is 0 Å². The Bertz CT molecular complexity index is 553. The van der Waals surface area contributed by atoms with E-state index in [0.717, 1.165) is 17.3 Å². The van der Waals surface area contributed by atoms with Gasteiger partial charge in [-0.15, -0.1) is 0 Å². The predicted octanol–water partition coefficient (Wildman–Crippen LogP) is 2.20. The van der Waals surface area contributed by atoms with Crippen LogP contribution in [0.25, 0.3) is 0 Å². The Labute approximate surface area is 138 Å². The third kappa shape index (κ3) is 5.97. The van der Waals surface area contributed by atoms with Crippen LogP contribution in [0.15, 0.2) is 28.7 Å². The molecule has 1 aliphatic carbocycles. The molecule has 0 atom stereocenters. The zero-order valence-electron chi connectivity index (χ0n) is 12.2. The lowest BCUT2D eigenvalue weighted by molar-refractivity contribution is -0.126. The highest BCUT2D eigenvalue weighted by Crippen LogP contribution is 2.18. The summed E-state index contributed by atoms with van der Waals surface area (Å²) in [5, 5.41) is 5.37. The van der Waals surface area contributed by atoms with Crippen molar-refractivity contribution in [1.82, 2.24) is 10.6 Å². The van der Waals surface area contributed by atoms with Crippen molar-refractivity contribution < 1.29 is 14.4 Å². The maximum atomic E-state index is 11.9. The van der Waals surface area contributed by atoms with E-state index >= 15 is 0 Å². The molecule has 1 aromatic carbocycles. The van der Waals surface area contributed by atoms with Crippen molar-refractivity contribution >= 4 is 33.5 Å². The number of nitrogens with one attached hydrogen (secondary N) is 2. The second kappa shape index (κ2) is 8.08. The number of amides is 2. The van der Waals surface area contributed by atoms with E-state index in [0.29, 0.717) is 24.4 Å². The van der Waals surface area contributed by atoms with Crippen LogP contribution in [0.5, 0.6) is 0 Å². The lowest BCUT2D eigenvalue weighted by atomic mass is 10.1. The van der Waals surface area contributed by atoms with Crippen molar-refractivity contribution in [3.63, 3.8) is 0 Å². The summed E-state index contributed by atoms with van der Waals surface area (Å²) in [6.45, 7) is 0.00991. The maximum absolute atomic E-state index is 11.9. The first-order valence-electron chi connectivity index (χ1n) is 7.39. The molecule has 1 saturated carbocycles. The molecule has 1 fully saturated rings. The molecule has 6 heteroatoms. The van der Waals surface area contributed by atoms with Crippen molar-refractivity contribution in [3.05, 3.63) is 34.3 Å². The van der Waals surface area contributed by atoms with Gasteiger partial charge < -0.3 is 10.6 Å². The molecule has 2 N–H and O–H groups in total. The molecular weight excluding hydrogens is 348 g/mol. The molecule has 0 saturated heterocycles. The first-order chi connectivity index (χ1) is 10.5. The Kier molecular flexibility index (Phi) is 6.12. The number of ketones is 1. The third-order valence-electron chi connectivity index (χ3n) is 3.36. The summed E-state index contributed by atoms with van der Waals surface area (Å²) in [6.07, 6.45) is 3.10. The summed E-state index contributed by atoms with van der Waals surface area (Å²) in [6, 6.07) is 7.45. The molecule has 1 aliphatic rings. The Morgan fingerprint density at radius 3 is 2.36 bits per heavy atom. The molecular formula is C16H19BrN2O3. The second-order valence-electron chi connectivity index (χ2n) is 5.40. The Balaban J connectivity index is 1.60. The molecule has 0 aliphatic heterocycles. The van der Waals surface area contributed by atoms with E-state index < -0.39 is 0 Å². The van der Waals surface area contributed by atoms with E-state index in [2.05, 4.69) is 26.6 Å².